The number of aliphatic hydroxyl groups is 1. The molecule has 3 nitrogen and oxygen atoms in total. The first kappa shape index (κ1) is 6.16. The van der Waals surface area contributed by atoms with Crippen LogP contribution in [0.4, 0.5) is 0 Å². The molecule has 1 saturated heterocycles. The van der Waals surface area contributed by atoms with Crippen molar-refractivity contribution < 1.29 is 9.90 Å². The van der Waals surface area contributed by atoms with Gasteiger partial charge in [-0.3, -0.25) is 4.79 Å². The molecule has 1 saturated carbocycles. The van der Waals surface area contributed by atoms with Crippen LogP contribution in [0.25, 0.3) is 0 Å². The Morgan fingerprint density at radius 1 is 1.60 bits per heavy atom. The molecule has 1 amide bonds. The molecule has 0 spiro atoms. The van der Waals surface area contributed by atoms with Gasteiger partial charge in [-0.1, -0.05) is 0 Å². The van der Waals surface area contributed by atoms with Crippen molar-refractivity contribution >= 4 is 5.91 Å². The van der Waals surface area contributed by atoms with Gasteiger partial charge < -0.3 is 10.0 Å². The lowest BCUT2D eigenvalue weighted by atomic mass is 10.1. The lowest BCUT2D eigenvalue weighted by Crippen LogP contribution is -2.39. The van der Waals surface area contributed by atoms with Crippen molar-refractivity contribution in [3.05, 3.63) is 0 Å². The van der Waals surface area contributed by atoms with E-state index in [9.17, 15) is 9.90 Å². The first-order valence-corrected chi connectivity index (χ1v) is 3.65. The van der Waals surface area contributed by atoms with Gasteiger partial charge >= 0.3 is 0 Å². The second kappa shape index (κ2) is 1.72. The van der Waals surface area contributed by atoms with Gasteiger partial charge in [0.1, 0.15) is 0 Å². The van der Waals surface area contributed by atoms with Crippen LogP contribution in [-0.4, -0.2) is 35.1 Å². The molecule has 2 aliphatic rings. The standard InChI is InChI=1S/C7H11NO2/c1-8-4-2-5(7(8)10)6(9)3-4/h4-6,9H,2-3H2,1H3/t4-,5+,6+/m0/s1. The Morgan fingerprint density at radius 2 is 2.30 bits per heavy atom. The molecule has 1 aliphatic heterocycles. The largest absolute Gasteiger partial charge is 0.392 e. The van der Waals surface area contributed by atoms with Crippen molar-refractivity contribution in [3.63, 3.8) is 0 Å². The molecule has 2 bridgehead atoms. The predicted octanol–water partition coefficient (Wildman–Crippen LogP) is -0.402. The summed E-state index contributed by atoms with van der Waals surface area (Å²) in [5.74, 6) is 0.0544. The molecule has 1 N–H and O–H groups in total. The molecule has 1 heterocycles. The van der Waals surface area contributed by atoms with E-state index in [2.05, 4.69) is 0 Å². The van der Waals surface area contributed by atoms with E-state index in [4.69, 9.17) is 0 Å². The number of aliphatic hydroxyl groups excluding tert-OH is 1. The number of carbonyl (C=O) groups is 1. The average Bonchev–Trinajstić information content (AvgIpc) is 2.36. The lowest BCUT2D eigenvalue weighted by molar-refractivity contribution is -0.136. The van der Waals surface area contributed by atoms with Crippen molar-refractivity contribution in [1.29, 1.82) is 0 Å². The van der Waals surface area contributed by atoms with Gasteiger partial charge in [0.25, 0.3) is 0 Å². The van der Waals surface area contributed by atoms with E-state index in [1.54, 1.807) is 4.90 Å². The summed E-state index contributed by atoms with van der Waals surface area (Å²) in [7, 11) is 1.82. The molecule has 3 heteroatoms. The van der Waals surface area contributed by atoms with Gasteiger partial charge in [-0.25, -0.2) is 0 Å². The minimum Gasteiger partial charge on any atom is -0.392 e. The van der Waals surface area contributed by atoms with Crippen LogP contribution in [0.2, 0.25) is 0 Å². The number of hydrogen-bond acceptors (Lipinski definition) is 2. The molecule has 0 aromatic heterocycles. The van der Waals surface area contributed by atoms with E-state index in [0.717, 1.165) is 12.8 Å². The quantitative estimate of drug-likeness (QED) is 0.498. The average molecular weight is 141 g/mol. The van der Waals surface area contributed by atoms with Crippen LogP contribution in [-0.2, 0) is 4.79 Å². The summed E-state index contributed by atoms with van der Waals surface area (Å²) >= 11 is 0. The van der Waals surface area contributed by atoms with E-state index in [1.165, 1.54) is 0 Å². The molecule has 56 valence electrons. The summed E-state index contributed by atoms with van der Waals surface area (Å²) in [5, 5.41) is 9.26. The molecular formula is C7H11NO2. The fourth-order valence-electron chi connectivity index (χ4n) is 2.01. The molecule has 1 aliphatic carbocycles. The number of nitrogens with zero attached hydrogens (tertiary/aromatic N) is 1. The fraction of sp³-hybridized carbons (Fsp3) is 0.857. The minimum atomic E-state index is -0.353. The first-order chi connectivity index (χ1) is 4.70. The van der Waals surface area contributed by atoms with Crippen molar-refractivity contribution in [3.8, 4) is 0 Å². The highest BCUT2D eigenvalue weighted by atomic mass is 16.3. The molecule has 0 unspecified atom stereocenters. The van der Waals surface area contributed by atoms with Crippen LogP contribution in [0.1, 0.15) is 12.8 Å². The van der Waals surface area contributed by atoms with Gasteiger partial charge in [0, 0.05) is 13.1 Å². The zero-order valence-corrected chi connectivity index (χ0v) is 5.95. The maximum absolute atomic E-state index is 11.1. The molecule has 0 aromatic rings. The number of likely N-dealkylation sites (tertiary alicyclic amines) is 1. The third-order valence-electron chi connectivity index (χ3n) is 2.72. The molecular weight excluding hydrogens is 130 g/mol. The number of hydrogen-bond donors (Lipinski definition) is 1. The Hall–Kier alpha value is -0.570. The fourth-order valence-corrected chi connectivity index (χ4v) is 2.01. The summed E-state index contributed by atoms with van der Waals surface area (Å²) in [6, 6.07) is 0.326. The van der Waals surface area contributed by atoms with Gasteiger partial charge in [-0.05, 0) is 12.8 Å². The van der Waals surface area contributed by atoms with E-state index < -0.39 is 0 Å². The smallest absolute Gasteiger partial charge is 0.228 e. The zero-order chi connectivity index (χ0) is 7.30. The predicted molar refractivity (Wildman–Crippen MR) is 35.3 cm³/mol. The third-order valence-corrected chi connectivity index (χ3v) is 2.72. The van der Waals surface area contributed by atoms with Gasteiger partial charge in [-0.2, -0.15) is 0 Å². The number of piperidine rings is 1. The highest BCUT2D eigenvalue weighted by Crippen LogP contribution is 2.37. The van der Waals surface area contributed by atoms with Crippen LogP contribution in [0.3, 0.4) is 0 Å². The maximum atomic E-state index is 11.1. The second-order valence-electron chi connectivity index (χ2n) is 3.25. The van der Waals surface area contributed by atoms with Crippen molar-refractivity contribution in [2.45, 2.75) is 25.0 Å². The number of amides is 1. The Labute approximate surface area is 59.6 Å². The monoisotopic (exact) mass is 141 g/mol. The molecule has 10 heavy (non-hydrogen) atoms. The Balaban J connectivity index is 2.24. The van der Waals surface area contributed by atoms with Crippen LogP contribution >= 0.6 is 0 Å². The van der Waals surface area contributed by atoms with Gasteiger partial charge in [0.2, 0.25) is 5.91 Å². The number of carbonyl (C=O) groups excluding carboxylic acids is 1. The van der Waals surface area contributed by atoms with Crippen molar-refractivity contribution in [1.82, 2.24) is 4.90 Å². The molecule has 0 radical (unpaired) electrons. The maximum Gasteiger partial charge on any atom is 0.228 e. The molecule has 2 rings (SSSR count). The lowest BCUT2D eigenvalue weighted by Gasteiger charge is -2.24. The summed E-state index contributed by atoms with van der Waals surface area (Å²) in [5.41, 5.74) is 0. The van der Waals surface area contributed by atoms with Gasteiger partial charge in [0.05, 0.1) is 12.0 Å². The number of fused-ring (bicyclic) bond motifs is 2. The summed E-state index contributed by atoms with van der Waals surface area (Å²) in [6.07, 6.45) is 1.30. The van der Waals surface area contributed by atoms with E-state index in [1.807, 2.05) is 7.05 Å². The highest BCUT2D eigenvalue weighted by Gasteiger charge is 2.48. The summed E-state index contributed by atoms with van der Waals surface area (Å²) in [6.45, 7) is 0. The number of rotatable bonds is 0. The van der Waals surface area contributed by atoms with Crippen LogP contribution in [0.15, 0.2) is 0 Å². The Kier molecular flexibility index (Phi) is 1.06. The van der Waals surface area contributed by atoms with E-state index in [0.29, 0.717) is 6.04 Å². The van der Waals surface area contributed by atoms with Crippen molar-refractivity contribution in [2.75, 3.05) is 7.05 Å². The SMILES string of the molecule is CN1C(=O)[C@@H]2C[C@H]1C[C@H]2O. The van der Waals surface area contributed by atoms with Crippen LogP contribution in [0.5, 0.6) is 0 Å². The third kappa shape index (κ3) is 0.560. The van der Waals surface area contributed by atoms with Crippen LogP contribution in [0, 0.1) is 5.92 Å². The highest BCUT2D eigenvalue weighted by molar-refractivity contribution is 5.83. The van der Waals surface area contributed by atoms with E-state index in [-0.39, 0.29) is 17.9 Å². The first-order valence-electron chi connectivity index (χ1n) is 3.65. The van der Waals surface area contributed by atoms with Gasteiger partial charge in [0.15, 0.2) is 0 Å². The topological polar surface area (TPSA) is 40.5 Å². The van der Waals surface area contributed by atoms with Gasteiger partial charge in [-0.15, -0.1) is 0 Å². The minimum absolute atomic E-state index is 0.0741. The Morgan fingerprint density at radius 3 is 2.70 bits per heavy atom. The molecule has 2 fully saturated rings. The summed E-state index contributed by atoms with van der Waals surface area (Å²) in [4.78, 5) is 12.9. The Bertz CT molecular complexity index is 180. The van der Waals surface area contributed by atoms with Crippen LogP contribution < -0.4 is 0 Å². The molecule has 3 atom stereocenters. The summed E-state index contributed by atoms with van der Waals surface area (Å²) < 4.78 is 0. The van der Waals surface area contributed by atoms with Crippen molar-refractivity contribution in [2.24, 2.45) is 5.92 Å². The second-order valence-corrected chi connectivity index (χ2v) is 3.25. The zero-order valence-electron chi connectivity index (χ0n) is 5.95. The van der Waals surface area contributed by atoms with E-state index >= 15 is 0 Å². The molecule has 0 aromatic carbocycles. The normalized spacial score (nSPS) is 45.2.